The number of aromatic nitrogens is 1. The van der Waals surface area contributed by atoms with E-state index in [-0.39, 0.29) is 28.2 Å². The normalized spacial score (nSPS) is 14.1. The molecule has 180 valence electrons. The van der Waals surface area contributed by atoms with Gasteiger partial charge < -0.3 is 24.4 Å². The lowest BCUT2D eigenvalue weighted by atomic mass is 9.93. The standard InChI is InChI=1S/C25H26F3N3O3/c1-32-21-12-17(13-22(33-2)24(21)34-3)20-15-30-14-19(23(20)25(26,27)28)16-4-6-18(7-5-16)31-10-8-29-9-11-31/h4-7,12-15,29H,8-11H2,1-3H3. The lowest BCUT2D eigenvalue weighted by Crippen LogP contribution is -2.43. The van der Waals surface area contributed by atoms with Gasteiger partial charge in [0.1, 0.15) is 0 Å². The zero-order chi connectivity index (χ0) is 24.3. The number of hydrogen-bond donors (Lipinski definition) is 1. The van der Waals surface area contributed by atoms with Crippen molar-refractivity contribution in [1.82, 2.24) is 10.3 Å². The van der Waals surface area contributed by atoms with E-state index < -0.39 is 11.7 Å². The van der Waals surface area contributed by atoms with Gasteiger partial charge in [-0.05, 0) is 35.4 Å². The molecule has 1 saturated heterocycles. The van der Waals surface area contributed by atoms with E-state index in [2.05, 4.69) is 15.2 Å². The highest BCUT2D eigenvalue weighted by atomic mass is 19.4. The Morgan fingerprint density at radius 1 is 0.824 bits per heavy atom. The maximum atomic E-state index is 14.4. The largest absolute Gasteiger partial charge is 0.493 e. The SMILES string of the molecule is COc1cc(-c2cncc(-c3ccc(N4CCNCC4)cc3)c2C(F)(F)F)cc(OC)c1OC. The van der Waals surface area contributed by atoms with Gasteiger partial charge in [0.2, 0.25) is 5.75 Å². The summed E-state index contributed by atoms with van der Waals surface area (Å²) in [5.41, 5.74) is 0.835. The van der Waals surface area contributed by atoms with Crippen LogP contribution in [-0.4, -0.2) is 52.5 Å². The zero-order valence-electron chi connectivity index (χ0n) is 19.2. The minimum absolute atomic E-state index is 0.00520. The van der Waals surface area contributed by atoms with Gasteiger partial charge in [-0.15, -0.1) is 0 Å². The third kappa shape index (κ3) is 4.61. The van der Waals surface area contributed by atoms with E-state index in [1.165, 1.54) is 45.9 Å². The molecule has 1 aliphatic heterocycles. The summed E-state index contributed by atoms with van der Waals surface area (Å²) in [7, 11) is 4.27. The molecule has 4 rings (SSSR count). The molecule has 6 nitrogen and oxygen atoms in total. The highest BCUT2D eigenvalue weighted by Crippen LogP contribution is 2.46. The summed E-state index contributed by atoms with van der Waals surface area (Å²) in [6, 6.07) is 10.1. The van der Waals surface area contributed by atoms with Gasteiger partial charge in [-0.25, -0.2) is 0 Å². The predicted octanol–water partition coefficient (Wildman–Crippen LogP) is 4.87. The lowest BCUT2D eigenvalue weighted by Gasteiger charge is -2.29. The van der Waals surface area contributed by atoms with Crippen LogP contribution in [0.2, 0.25) is 0 Å². The number of pyridine rings is 1. The molecule has 1 aromatic heterocycles. The first-order valence-electron chi connectivity index (χ1n) is 10.8. The van der Waals surface area contributed by atoms with Crippen LogP contribution in [0.25, 0.3) is 22.3 Å². The van der Waals surface area contributed by atoms with Crippen molar-refractivity contribution in [1.29, 1.82) is 0 Å². The van der Waals surface area contributed by atoms with Crippen molar-refractivity contribution in [3.8, 4) is 39.5 Å². The van der Waals surface area contributed by atoms with E-state index in [1.807, 2.05) is 12.1 Å². The van der Waals surface area contributed by atoms with Crippen molar-refractivity contribution in [3.05, 3.63) is 54.4 Å². The Morgan fingerprint density at radius 2 is 1.38 bits per heavy atom. The molecule has 2 aromatic carbocycles. The summed E-state index contributed by atoms with van der Waals surface area (Å²) < 4.78 is 59.3. The third-order valence-corrected chi connectivity index (χ3v) is 5.87. The van der Waals surface area contributed by atoms with Crippen molar-refractivity contribution >= 4 is 5.69 Å². The summed E-state index contributed by atoms with van der Waals surface area (Å²) in [6.07, 6.45) is -2.16. The van der Waals surface area contributed by atoms with E-state index in [0.29, 0.717) is 11.3 Å². The molecule has 0 saturated carbocycles. The number of rotatable bonds is 6. The summed E-state index contributed by atoms with van der Waals surface area (Å²) in [4.78, 5) is 6.35. The molecule has 0 aliphatic carbocycles. The minimum Gasteiger partial charge on any atom is -0.493 e. The molecule has 0 atom stereocenters. The van der Waals surface area contributed by atoms with Crippen molar-refractivity contribution in [3.63, 3.8) is 0 Å². The highest BCUT2D eigenvalue weighted by Gasteiger charge is 2.37. The molecule has 0 radical (unpaired) electrons. The zero-order valence-corrected chi connectivity index (χ0v) is 19.2. The van der Waals surface area contributed by atoms with Gasteiger partial charge in [0.15, 0.2) is 11.5 Å². The molecule has 0 spiro atoms. The Kier molecular flexibility index (Phi) is 6.83. The number of anilines is 1. The Labute approximate surface area is 196 Å². The topological polar surface area (TPSA) is 55.9 Å². The molecule has 3 aromatic rings. The van der Waals surface area contributed by atoms with Crippen LogP contribution >= 0.6 is 0 Å². The molecule has 0 amide bonds. The molecule has 2 heterocycles. The second-order valence-corrected chi connectivity index (χ2v) is 7.81. The fourth-order valence-corrected chi connectivity index (χ4v) is 4.22. The number of hydrogen-bond acceptors (Lipinski definition) is 6. The van der Waals surface area contributed by atoms with E-state index in [4.69, 9.17) is 14.2 Å². The van der Waals surface area contributed by atoms with Gasteiger partial charge in [-0.3, -0.25) is 4.98 Å². The lowest BCUT2D eigenvalue weighted by molar-refractivity contribution is -0.136. The van der Waals surface area contributed by atoms with Crippen LogP contribution in [0.15, 0.2) is 48.8 Å². The first kappa shape index (κ1) is 23.7. The number of nitrogens with one attached hydrogen (secondary N) is 1. The summed E-state index contributed by atoms with van der Waals surface area (Å²) in [5, 5.41) is 3.29. The monoisotopic (exact) mass is 473 g/mol. The maximum absolute atomic E-state index is 14.4. The number of alkyl halides is 3. The molecular weight excluding hydrogens is 447 g/mol. The first-order chi connectivity index (χ1) is 16.4. The van der Waals surface area contributed by atoms with Crippen LogP contribution in [0.1, 0.15) is 5.56 Å². The highest BCUT2D eigenvalue weighted by molar-refractivity contribution is 5.81. The average Bonchev–Trinajstić information content (AvgIpc) is 2.87. The minimum atomic E-state index is -4.62. The Balaban J connectivity index is 1.83. The number of benzene rings is 2. The Morgan fingerprint density at radius 3 is 1.88 bits per heavy atom. The summed E-state index contributed by atoms with van der Waals surface area (Å²) in [5.74, 6) is 0.821. The van der Waals surface area contributed by atoms with Gasteiger partial charge in [0.05, 0.1) is 26.9 Å². The summed E-state index contributed by atoms with van der Waals surface area (Å²) >= 11 is 0. The molecule has 9 heteroatoms. The molecular formula is C25H26F3N3O3. The van der Waals surface area contributed by atoms with E-state index in [1.54, 1.807) is 12.1 Å². The van der Waals surface area contributed by atoms with Gasteiger partial charge in [-0.2, -0.15) is 13.2 Å². The van der Waals surface area contributed by atoms with E-state index in [9.17, 15) is 13.2 Å². The molecule has 34 heavy (non-hydrogen) atoms. The van der Waals surface area contributed by atoms with Crippen molar-refractivity contribution in [2.75, 3.05) is 52.4 Å². The summed E-state index contributed by atoms with van der Waals surface area (Å²) in [6.45, 7) is 3.46. The molecule has 1 N–H and O–H groups in total. The van der Waals surface area contributed by atoms with E-state index in [0.717, 1.165) is 31.9 Å². The molecule has 1 fully saturated rings. The molecule has 0 unspecified atom stereocenters. The fraction of sp³-hybridized carbons (Fsp3) is 0.320. The maximum Gasteiger partial charge on any atom is 0.417 e. The Bertz CT molecular complexity index is 1120. The van der Waals surface area contributed by atoms with E-state index >= 15 is 0 Å². The Hall–Kier alpha value is -3.46. The van der Waals surface area contributed by atoms with Crippen LogP contribution in [0.4, 0.5) is 18.9 Å². The first-order valence-corrected chi connectivity index (χ1v) is 10.8. The van der Waals surface area contributed by atoms with Crippen LogP contribution in [0, 0.1) is 0 Å². The van der Waals surface area contributed by atoms with Crippen molar-refractivity contribution in [2.45, 2.75) is 6.18 Å². The van der Waals surface area contributed by atoms with Gasteiger partial charge >= 0.3 is 6.18 Å². The quantitative estimate of drug-likeness (QED) is 0.551. The van der Waals surface area contributed by atoms with Crippen LogP contribution < -0.4 is 24.4 Å². The second-order valence-electron chi connectivity index (χ2n) is 7.81. The van der Waals surface area contributed by atoms with Crippen LogP contribution in [-0.2, 0) is 6.18 Å². The smallest absolute Gasteiger partial charge is 0.417 e. The van der Waals surface area contributed by atoms with Crippen LogP contribution in [0.5, 0.6) is 17.2 Å². The molecule has 1 aliphatic rings. The number of nitrogens with zero attached hydrogens (tertiary/aromatic N) is 2. The number of ether oxygens (including phenoxy) is 3. The van der Waals surface area contributed by atoms with Crippen molar-refractivity contribution in [2.24, 2.45) is 0 Å². The van der Waals surface area contributed by atoms with Gasteiger partial charge in [0.25, 0.3) is 0 Å². The number of halogens is 3. The third-order valence-electron chi connectivity index (χ3n) is 5.87. The molecule has 0 bridgehead atoms. The fourth-order valence-electron chi connectivity index (χ4n) is 4.22. The average molecular weight is 473 g/mol. The van der Waals surface area contributed by atoms with Crippen molar-refractivity contribution < 1.29 is 27.4 Å². The second kappa shape index (κ2) is 9.80. The predicted molar refractivity (Wildman–Crippen MR) is 125 cm³/mol. The number of methoxy groups -OCH3 is 3. The van der Waals surface area contributed by atoms with Crippen LogP contribution in [0.3, 0.4) is 0 Å². The van der Waals surface area contributed by atoms with Gasteiger partial charge in [0, 0.05) is 55.4 Å². The van der Waals surface area contributed by atoms with Gasteiger partial charge in [-0.1, -0.05) is 12.1 Å². The number of piperazine rings is 1.